The van der Waals surface area contributed by atoms with Crippen LogP contribution in [0.3, 0.4) is 0 Å². The molecule has 3 aromatic rings. The van der Waals surface area contributed by atoms with E-state index in [1.165, 1.54) is 0 Å². The smallest absolute Gasteiger partial charge is 0.200 e. The fraction of sp³-hybridized carbons (Fsp3) is 0.176. The Bertz CT molecular complexity index is 853. The van der Waals surface area contributed by atoms with E-state index in [0.29, 0.717) is 17.2 Å². The summed E-state index contributed by atoms with van der Waals surface area (Å²) in [5, 5.41) is 7.24. The van der Waals surface area contributed by atoms with Gasteiger partial charge in [-0.15, -0.1) is 0 Å². The molecule has 0 spiro atoms. The lowest BCUT2D eigenvalue weighted by molar-refractivity contribution is 0.341. The van der Waals surface area contributed by atoms with E-state index in [1.807, 2.05) is 60.0 Å². The van der Waals surface area contributed by atoms with Crippen LogP contribution in [0, 0.1) is 4.77 Å². The van der Waals surface area contributed by atoms with Crippen LogP contribution < -0.4 is 9.47 Å². The number of aromatic amines is 1. The minimum atomic E-state index is 0.525. The van der Waals surface area contributed by atoms with Crippen molar-refractivity contribution in [2.45, 2.75) is 6.92 Å². The zero-order chi connectivity index (χ0) is 16.2. The van der Waals surface area contributed by atoms with E-state index in [-0.39, 0.29) is 0 Å². The second kappa shape index (κ2) is 6.66. The Balaban J connectivity index is 2.14. The first-order valence-corrected chi connectivity index (χ1v) is 7.69. The van der Waals surface area contributed by atoms with E-state index >= 15 is 0 Å². The monoisotopic (exact) mass is 327 g/mol. The fourth-order valence-electron chi connectivity index (χ4n) is 2.38. The first-order chi connectivity index (χ1) is 11.2. The largest absolute Gasteiger partial charge is 0.497 e. The normalized spacial score (nSPS) is 10.5. The van der Waals surface area contributed by atoms with Gasteiger partial charge < -0.3 is 9.47 Å². The van der Waals surface area contributed by atoms with E-state index in [4.69, 9.17) is 21.7 Å². The van der Waals surface area contributed by atoms with Gasteiger partial charge in [0.1, 0.15) is 11.5 Å². The molecule has 5 nitrogen and oxygen atoms in total. The molecule has 0 atom stereocenters. The van der Waals surface area contributed by atoms with Crippen molar-refractivity contribution in [2.24, 2.45) is 0 Å². The van der Waals surface area contributed by atoms with E-state index in [0.717, 1.165) is 22.7 Å². The highest BCUT2D eigenvalue weighted by Crippen LogP contribution is 2.30. The zero-order valence-corrected chi connectivity index (χ0v) is 13.8. The SMILES string of the molecule is CCOc1ccccc1-c1n[nH]c(=S)n1-c1ccc(OC)cc1. The third kappa shape index (κ3) is 2.98. The van der Waals surface area contributed by atoms with Gasteiger partial charge in [0.2, 0.25) is 0 Å². The Morgan fingerprint density at radius 2 is 1.87 bits per heavy atom. The molecular weight excluding hydrogens is 310 g/mol. The van der Waals surface area contributed by atoms with Gasteiger partial charge in [0, 0.05) is 0 Å². The number of nitrogens with one attached hydrogen (secondary N) is 1. The van der Waals surface area contributed by atoms with Gasteiger partial charge >= 0.3 is 0 Å². The molecule has 23 heavy (non-hydrogen) atoms. The van der Waals surface area contributed by atoms with Crippen LogP contribution in [-0.4, -0.2) is 28.5 Å². The molecule has 1 N–H and O–H groups in total. The molecule has 0 bridgehead atoms. The first kappa shape index (κ1) is 15.3. The predicted octanol–water partition coefficient (Wildman–Crippen LogP) is 4.00. The summed E-state index contributed by atoms with van der Waals surface area (Å²) >= 11 is 5.40. The lowest BCUT2D eigenvalue weighted by atomic mass is 10.2. The Kier molecular flexibility index (Phi) is 4.43. The van der Waals surface area contributed by atoms with Crippen molar-refractivity contribution in [3.05, 3.63) is 53.3 Å². The van der Waals surface area contributed by atoms with Crippen LogP contribution >= 0.6 is 12.2 Å². The molecule has 0 saturated carbocycles. The van der Waals surface area contributed by atoms with Crippen LogP contribution in [-0.2, 0) is 0 Å². The number of hydrogen-bond acceptors (Lipinski definition) is 4. The molecule has 2 aromatic carbocycles. The average molecular weight is 327 g/mol. The Labute approximate surface area is 139 Å². The van der Waals surface area contributed by atoms with Crippen molar-refractivity contribution in [3.8, 4) is 28.6 Å². The molecule has 0 amide bonds. The number of rotatable bonds is 5. The number of H-pyrrole nitrogens is 1. The number of benzene rings is 2. The third-order valence-electron chi connectivity index (χ3n) is 3.43. The van der Waals surface area contributed by atoms with E-state index in [9.17, 15) is 0 Å². The average Bonchev–Trinajstić information content (AvgIpc) is 2.97. The lowest BCUT2D eigenvalue weighted by Gasteiger charge is -2.11. The Morgan fingerprint density at radius 3 is 2.57 bits per heavy atom. The number of ether oxygens (including phenoxy) is 2. The minimum Gasteiger partial charge on any atom is -0.497 e. The van der Waals surface area contributed by atoms with Crippen LogP contribution in [0.5, 0.6) is 11.5 Å². The second-order valence-corrected chi connectivity index (χ2v) is 5.20. The molecule has 0 saturated heterocycles. The van der Waals surface area contributed by atoms with Crippen molar-refractivity contribution < 1.29 is 9.47 Å². The zero-order valence-electron chi connectivity index (χ0n) is 12.9. The maximum absolute atomic E-state index is 5.71. The predicted molar refractivity (Wildman–Crippen MR) is 91.9 cm³/mol. The van der Waals surface area contributed by atoms with Crippen LogP contribution in [0.2, 0.25) is 0 Å². The van der Waals surface area contributed by atoms with Gasteiger partial charge in [-0.05, 0) is 55.5 Å². The summed E-state index contributed by atoms with van der Waals surface area (Å²) in [5.41, 5.74) is 1.79. The van der Waals surface area contributed by atoms with Gasteiger partial charge in [-0.2, -0.15) is 5.10 Å². The number of methoxy groups -OCH3 is 1. The molecule has 3 rings (SSSR count). The van der Waals surface area contributed by atoms with Gasteiger partial charge in [-0.3, -0.25) is 9.67 Å². The maximum atomic E-state index is 5.71. The molecule has 0 aliphatic heterocycles. The number of aromatic nitrogens is 3. The van der Waals surface area contributed by atoms with Crippen LogP contribution in [0.1, 0.15) is 6.92 Å². The molecule has 1 heterocycles. The van der Waals surface area contributed by atoms with Crippen molar-refractivity contribution in [1.82, 2.24) is 14.8 Å². The van der Waals surface area contributed by atoms with Gasteiger partial charge in [0.15, 0.2) is 10.6 Å². The summed E-state index contributed by atoms with van der Waals surface area (Å²) in [5.74, 6) is 2.28. The molecular formula is C17H17N3O2S. The van der Waals surface area contributed by atoms with Crippen LogP contribution in [0.25, 0.3) is 17.1 Å². The number of hydrogen-bond donors (Lipinski definition) is 1. The number of para-hydroxylation sites is 1. The van der Waals surface area contributed by atoms with Crippen molar-refractivity contribution in [2.75, 3.05) is 13.7 Å². The summed E-state index contributed by atoms with van der Waals surface area (Å²) in [7, 11) is 1.64. The van der Waals surface area contributed by atoms with Crippen LogP contribution in [0.15, 0.2) is 48.5 Å². The highest BCUT2D eigenvalue weighted by molar-refractivity contribution is 7.71. The molecule has 6 heteroatoms. The van der Waals surface area contributed by atoms with E-state index in [1.54, 1.807) is 7.11 Å². The summed E-state index contributed by atoms with van der Waals surface area (Å²) in [6.45, 7) is 2.54. The van der Waals surface area contributed by atoms with Gasteiger partial charge in [-0.25, -0.2) is 0 Å². The first-order valence-electron chi connectivity index (χ1n) is 7.28. The molecule has 0 aliphatic rings. The topological polar surface area (TPSA) is 52.1 Å². The fourth-order valence-corrected chi connectivity index (χ4v) is 2.62. The third-order valence-corrected chi connectivity index (χ3v) is 3.70. The molecule has 0 unspecified atom stereocenters. The highest BCUT2D eigenvalue weighted by atomic mass is 32.1. The standard InChI is InChI=1S/C17H17N3O2S/c1-3-22-15-7-5-4-6-14(15)16-18-19-17(23)20(16)12-8-10-13(21-2)11-9-12/h4-11H,3H2,1-2H3,(H,19,23). The lowest BCUT2D eigenvalue weighted by Crippen LogP contribution is -2.00. The number of nitrogens with zero attached hydrogens (tertiary/aromatic N) is 2. The second-order valence-electron chi connectivity index (χ2n) is 4.81. The molecule has 1 aromatic heterocycles. The van der Waals surface area contributed by atoms with Crippen molar-refractivity contribution in [1.29, 1.82) is 0 Å². The summed E-state index contributed by atoms with van der Waals surface area (Å²) in [6, 6.07) is 15.4. The van der Waals surface area contributed by atoms with Gasteiger partial charge in [0.05, 0.1) is 25.0 Å². The van der Waals surface area contributed by atoms with Crippen molar-refractivity contribution >= 4 is 12.2 Å². The quantitative estimate of drug-likeness (QED) is 0.720. The highest BCUT2D eigenvalue weighted by Gasteiger charge is 2.14. The van der Waals surface area contributed by atoms with E-state index < -0.39 is 0 Å². The summed E-state index contributed by atoms with van der Waals surface area (Å²) < 4.78 is 13.3. The molecule has 0 fully saturated rings. The molecule has 0 aliphatic carbocycles. The Hall–Kier alpha value is -2.60. The van der Waals surface area contributed by atoms with Gasteiger partial charge in [0.25, 0.3) is 0 Å². The maximum Gasteiger partial charge on any atom is 0.200 e. The van der Waals surface area contributed by atoms with E-state index in [2.05, 4.69) is 10.2 Å². The van der Waals surface area contributed by atoms with Gasteiger partial charge in [-0.1, -0.05) is 12.1 Å². The molecule has 0 radical (unpaired) electrons. The minimum absolute atomic E-state index is 0.525. The molecule has 118 valence electrons. The van der Waals surface area contributed by atoms with Crippen molar-refractivity contribution in [3.63, 3.8) is 0 Å². The Morgan fingerprint density at radius 1 is 1.13 bits per heavy atom. The summed E-state index contributed by atoms with van der Waals surface area (Å²) in [6.07, 6.45) is 0. The van der Waals surface area contributed by atoms with Crippen LogP contribution in [0.4, 0.5) is 0 Å². The summed E-state index contributed by atoms with van der Waals surface area (Å²) in [4.78, 5) is 0.